The molecule has 0 unspecified atom stereocenters. The van der Waals surface area contributed by atoms with Crippen LogP contribution in [0.25, 0.3) is 22.3 Å². The molecule has 1 saturated heterocycles. The Labute approximate surface area is 144 Å². The van der Waals surface area contributed by atoms with Crippen molar-refractivity contribution in [2.75, 3.05) is 24.6 Å². The summed E-state index contributed by atoms with van der Waals surface area (Å²) in [4.78, 5) is 11.8. The zero-order chi connectivity index (χ0) is 16.6. The molecule has 0 aliphatic carbocycles. The highest BCUT2D eigenvalue weighted by atomic mass is 32.1. The number of benzene rings is 1. The van der Waals surface area contributed by atoms with Crippen molar-refractivity contribution in [3.8, 4) is 11.4 Å². The van der Waals surface area contributed by atoms with Crippen LogP contribution in [0.1, 0.15) is 12.8 Å². The number of piperidine rings is 1. The third-order valence-electron chi connectivity index (χ3n) is 4.74. The topological polar surface area (TPSA) is 75.3 Å². The summed E-state index contributed by atoms with van der Waals surface area (Å²) in [6.45, 7) is 1.62. The standard InChI is InChI=1S/C18H20N4OS/c19-18(12-23)6-8-22(9-7-18)17-14-3-1-2-4-15(14)20-16(21-17)13-5-10-24-11-13/h1-5,10-11,23H,6-9,12,19H2. The van der Waals surface area contributed by atoms with Crippen LogP contribution in [0, 0.1) is 0 Å². The van der Waals surface area contributed by atoms with E-state index in [1.807, 2.05) is 29.6 Å². The molecule has 1 aromatic carbocycles. The van der Waals surface area contributed by atoms with Crippen LogP contribution in [0.15, 0.2) is 41.1 Å². The van der Waals surface area contributed by atoms with Crippen molar-refractivity contribution in [1.82, 2.24) is 9.97 Å². The molecule has 0 saturated carbocycles. The molecule has 24 heavy (non-hydrogen) atoms. The first-order valence-electron chi connectivity index (χ1n) is 8.13. The molecule has 0 bridgehead atoms. The second kappa shape index (κ2) is 6.12. The number of nitrogens with zero attached hydrogens (tertiary/aromatic N) is 3. The molecular formula is C18H20N4OS. The summed E-state index contributed by atoms with van der Waals surface area (Å²) in [7, 11) is 0. The lowest BCUT2D eigenvalue weighted by Gasteiger charge is -2.38. The third kappa shape index (κ3) is 2.77. The molecule has 1 fully saturated rings. The highest BCUT2D eigenvalue weighted by Gasteiger charge is 2.31. The van der Waals surface area contributed by atoms with Gasteiger partial charge in [-0.3, -0.25) is 0 Å². The Balaban J connectivity index is 1.77. The van der Waals surface area contributed by atoms with Crippen molar-refractivity contribution in [2.45, 2.75) is 18.4 Å². The van der Waals surface area contributed by atoms with Crippen LogP contribution in [0.2, 0.25) is 0 Å². The molecule has 0 atom stereocenters. The minimum Gasteiger partial charge on any atom is -0.394 e. The van der Waals surface area contributed by atoms with Crippen molar-refractivity contribution >= 4 is 28.1 Å². The van der Waals surface area contributed by atoms with E-state index in [0.29, 0.717) is 0 Å². The highest BCUT2D eigenvalue weighted by Crippen LogP contribution is 2.31. The van der Waals surface area contributed by atoms with Gasteiger partial charge in [-0.2, -0.15) is 11.3 Å². The van der Waals surface area contributed by atoms with Gasteiger partial charge in [0.25, 0.3) is 0 Å². The first-order valence-corrected chi connectivity index (χ1v) is 9.07. The lowest BCUT2D eigenvalue weighted by Crippen LogP contribution is -2.53. The number of aliphatic hydroxyl groups is 1. The monoisotopic (exact) mass is 340 g/mol. The van der Waals surface area contributed by atoms with E-state index in [-0.39, 0.29) is 6.61 Å². The molecule has 3 aromatic rings. The molecule has 1 aliphatic rings. The van der Waals surface area contributed by atoms with Gasteiger partial charge in [0.2, 0.25) is 0 Å². The van der Waals surface area contributed by atoms with Crippen LogP contribution < -0.4 is 10.6 Å². The number of aliphatic hydroxyl groups excluding tert-OH is 1. The number of para-hydroxylation sites is 1. The maximum Gasteiger partial charge on any atom is 0.162 e. The Morgan fingerprint density at radius 2 is 1.96 bits per heavy atom. The SMILES string of the molecule is NC1(CO)CCN(c2nc(-c3ccsc3)nc3ccccc23)CC1. The van der Waals surface area contributed by atoms with E-state index in [0.717, 1.165) is 54.0 Å². The highest BCUT2D eigenvalue weighted by molar-refractivity contribution is 7.08. The quantitative estimate of drug-likeness (QED) is 0.767. The Morgan fingerprint density at radius 3 is 2.67 bits per heavy atom. The summed E-state index contributed by atoms with van der Waals surface area (Å²) in [6, 6.07) is 10.2. The van der Waals surface area contributed by atoms with Gasteiger partial charge in [-0.25, -0.2) is 9.97 Å². The van der Waals surface area contributed by atoms with Crippen LogP contribution in [0.5, 0.6) is 0 Å². The maximum absolute atomic E-state index is 9.48. The predicted octanol–water partition coefficient (Wildman–Crippen LogP) is 2.65. The fraction of sp³-hybridized carbons (Fsp3) is 0.333. The Hall–Kier alpha value is -2.02. The maximum atomic E-state index is 9.48. The Bertz CT molecular complexity index is 841. The first-order chi connectivity index (χ1) is 11.7. The van der Waals surface area contributed by atoms with E-state index in [1.165, 1.54) is 0 Å². The predicted molar refractivity (Wildman–Crippen MR) is 98.3 cm³/mol. The summed E-state index contributed by atoms with van der Waals surface area (Å²) < 4.78 is 0. The van der Waals surface area contributed by atoms with Gasteiger partial charge < -0.3 is 15.7 Å². The molecule has 6 heteroatoms. The molecule has 0 radical (unpaired) electrons. The number of nitrogens with two attached hydrogens (primary N) is 1. The average molecular weight is 340 g/mol. The average Bonchev–Trinajstić information content (AvgIpc) is 3.16. The third-order valence-corrected chi connectivity index (χ3v) is 5.42. The summed E-state index contributed by atoms with van der Waals surface area (Å²) in [5.41, 5.74) is 7.75. The van der Waals surface area contributed by atoms with Gasteiger partial charge >= 0.3 is 0 Å². The number of fused-ring (bicyclic) bond motifs is 1. The largest absolute Gasteiger partial charge is 0.394 e. The van der Waals surface area contributed by atoms with Crippen LogP contribution in [0.4, 0.5) is 5.82 Å². The van der Waals surface area contributed by atoms with Gasteiger partial charge in [0.05, 0.1) is 12.1 Å². The van der Waals surface area contributed by atoms with Crippen LogP contribution in [-0.4, -0.2) is 40.3 Å². The zero-order valence-electron chi connectivity index (χ0n) is 13.4. The van der Waals surface area contributed by atoms with Crippen LogP contribution in [-0.2, 0) is 0 Å². The molecule has 0 spiro atoms. The number of thiophene rings is 1. The molecule has 124 valence electrons. The van der Waals surface area contributed by atoms with Crippen molar-refractivity contribution < 1.29 is 5.11 Å². The van der Waals surface area contributed by atoms with Crippen molar-refractivity contribution in [3.63, 3.8) is 0 Å². The van der Waals surface area contributed by atoms with Gasteiger partial charge in [-0.15, -0.1) is 0 Å². The van der Waals surface area contributed by atoms with Crippen molar-refractivity contribution in [2.24, 2.45) is 5.73 Å². The zero-order valence-corrected chi connectivity index (χ0v) is 14.2. The normalized spacial score (nSPS) is 17.3. The minimum absolute atomic E-state index is 0.0332. The Kier molecular flexibility index (Phi) is 3.96. The molecule has 2 aromatic heterocycles. The first kappa shape index (κ1) is 15.5. The molecule has 5 nitrogen and oxygen atoms in total. The summed E-state index contributed by atoms with van der Waals surface area (Å²) in [5, 5.41) is 14.7. The van der Waals surface area contributed by atoms with E-state index >= 15 is 0 Å². The van der Waals surface area contributed by atoms with E-state index in [2.05, 4.69) is 16.3 Å². The second-order valence-corrected chi connectivity index (χ2v) is 7.19. The number of rotatable bonds is 3. The fourth-order valence-electron chi connectivity index (χ4n) is 3.14. The van der Waals surface area contributed by atoms with E-state index in [1.54, 1.807) is 11.3 Å². The number of anilines is 1. The fourth-order valence-corrected chi connectivity index (χ4v) is 3.78. The smallest absolute Gasteiger partial charge is 0.162 e. The summed E-state index contributed by atoms with van der Waals surface area (Å²) in [5.74, 6) is 1.72. The van der Waals surface area contributed by atoms with Crippen LogP contribution in [0.3, 0.4) is 0 Å². The van der Waals surface area contributed by atoms with Gasteiger partial charge in [0, 0.05) is 35.0 Å². The Morgan fingerprint density at radius 1 is 1.17 bits per heavy atom. The van der Waals surface area contributed by atoms with E-state index < -0.39 is 5.54 Å². The number of hydrogen-bond donors (Lipinski definition) is 2. The molecule has 3 N–H and O–H groups in total. The molecule has 0 amide bonds. The molecule has 1 aliphatic heterocycles. The van der Waals surface area contributed by atoms with Crippen molar-refractivity contribution in [3.05, 3.63) is 41.1 Å². The van der Waals surface area contributed by atoms with Gasteiger partial charge in [0.15, 0.2) is 5.82 Å². The van der Waals surface area contributed by atoms with E-state index in [4.69, 9.17) is 15.7 Å². The molecule has 4 rings (SSSR count). The van der Waals surface area contributed by atoms with Gasteiger partial charge in [-0.05, 0) is 36.4 Å². The lowest BCUT2D eigenvalue weighted by molar-refractivity contribution is 0.170. The number of aromatic nitrogens is 2. The summed E-state index contributed by atoms with van der Waals surface area (Å²) in [6.07, 6.45) is 1.52. The van der Waals surface area contributed by atoms with Gasteiger partial charge in [-0.1, -0.05) is 12.1 Å². The van der Waals surface area contributed by atoms with Crippen molar-refractivity contribution in [1.29, 1.82) is 0 Å². The van der Waals surface area contributed by atoms with E-state index in [9.17, 15) is 5.11 Å². The lowest BCUT2D eigenvalue weighted by atomic mass is 9.89. The minimum atomic E-state index is -0.463. The molecule has 3 heterocycles. The second-order valence-electron chi connectivity index (χ2n) is 6.41. The summed E-state index contributed by atoms with van der Waals surface area (Å²) >= 11 is 1.65. The molecular weight excluding hydrogens is 320 g/mol. The van der Waals surface area contributed by atoms with Crippen LogP contribution >= 0.6 is 11.3 Å². The number of hydrogen-bond acceptors (Lipinski definition) is 6. The van der Waals surface area contributed by atoms with Gasteiger partial charge in [0.1, 0.15) is 5.82 Å².